The molecule has 2 aliphatic rings. The Balaban J connectivity index is 1.69. The summed E-state index contributed by atoms with van der Waals surface area (Å²) < 4.78 is 0. The van der Waals surface area contributed by atoms with E-state index in [0.29, 0.717) is 12.3 Å². The third-order valence-corrected chi connectivity index (χ3v) is 8.39. The highest BCUT2D eigenvalue weighted by atomic mass is 16.4. The number of unbranched alkanes of at least 4 members (excludes halogenated alkanes) is 4. The maximum atomic E-state index is 10.8. The van der Waals surface area contributed by atoms with Crippen LogP contribution in [0.15, 0.2) is 0 Å². The molecule has 0 aromatic heterocycles. The van der Waals surface area contributed by atoms with Gasteiger partial charge in [0.15, 0.2) is 0 Å². The first-order chi connectivity index (χ1) is 14.0. The number of carboxylic acids is 1. The van der Waals surface area contributed by atoms with Crippen molar-refractivity contribution in [2.45, 2.75) is 123 Å². The quantitative estimate of drug-likeness (QED) is 0.339. The first-order valence-electron chi connectivity index (χ1n) is 12.6. The zero-order chi connectivity index (χ0) is 21.1. The van der Waals surface area contributed by atoms with E-state index in [4.69, 9.17) is 5.11 Å². The van der Waals surface area contributed by atoms with Gasteiger partial charge in [-0.3, -0.25) is 4.79 Å². The van der Waals surface area contributed by atoms with Crippen LogP contribution in [-0.2, 0) is 4.79 Å². The molecule has 3 heteroatoms. The maximum absolute atomic E-state index is 10.8. The second-order valence-corrected chi connectivity index (χ2v) is 10.3. The Morgan fingerprint density at radius 1 is 1.00 bits per heavy atom. The Morgan fingerprint density at radius 2 is 1.62 bits per heavy atom. The number of hydrogen-bond acceptors (Lipinski definition) is 2. The molecule has 2 aliphatic carbocycles. The van der Waals surface area contributed by atoms with Crippen molar-refractivity contribution in [3.8, 4) is 6.07 Å². The fourth-order valence-electron chi connectivity index (χ4n) is 6.16. The molecule has 0 heterocycles. The molecule has 0 saturated heterocycles. The lowest BCUT2D eigenvalue weighted by Crippen LogP contribution is -2.35. The minimum absolute atomic E-state index is 0.204. The summed E-state index contributed by atoms with van der Waals surface area (Å²) in [6.45, 7) is 4.46. The van der Waals surface area contributed by atoms with Crippen molar-refractivity contribution in [2.75, 3.05) is 0 Å². The van der Waals surface area contributed by atoms with Crippen LogP contribution in [0.25, 0.3) is 0 Å². The van der Waals surface area contributed by atoms with Gasteiger partial charge in [-0.05, 0) is 75.0 Å². The van der Waals surface area contributed by atoms with E-state index in [2.05, 4.69) is 19.9 Å². The molecule has 2 fully saturated rings. The Bertz CT molecular complexity index is 507. The van der Waals surface area contributed by atoms with Gasteiger partial charge < -0.3 is 5.11 Å². The predicted octanol–water partition coefficient (Wildman–Crippen LogP) is 7.74. The third-order valence-electron chi connectivity index (χ3n) is 8.39. The van der Waals surface area contributed by atoms with Crippen LogP contribution in [0, 0.1) is 40.4 Å². The summed E-state index contributed by atoms with van der Waals surface area (Å²) in [6.07, 6.45) is 20.4. The highest BCUT2D eigenvalue weighted by molar-refractivity contribution is 5.66. The van der Waals surface area contributed by atoms with Crippen LogP contribution in [0.5, 0.6) is 0 Å². The zero-order valence-electron chi connectivity index (χ0n) is 19.1. The van der Waals surface area contributed by atoms with E-state index in [1.165, 1.54) is 77.0 Å². The summed E-state index contributed by atoms with van der Waals surface area (Å²) in [7, 11) is 0. The molecule has 2 rings (SSSR count). The van der Waals surface area contributed by atoms with Gasteiger partial charge >= 0.3 is 5.97 Å². The van der Waals surface area contributed by atoms with Gasteiger partial charge in [0.1, 0.15) is 0 Å². The second-order valence-electron chi connectivity index (χ2n) is 10.3. The average molecular weight is 404 g/mol. The van der Waals surface area contributed by atoms with E-state index in [1.807, 2.05) is 0 Å². The first-order valence-corrected chi connectivity index (χ1v) is 12.6. The number of rotatable bonds is 12. The molecule has 0 radical (unpaired) electrons. The zero-order valence-corrected chi connectivity index (χ0v) is 19.1. The van der Waals surface area contributed by atoms with E-state index < -0.39 is 5.97 Å². The highest BCUT2D eigenvalue weighted by Crippen LogP contribution is 2.49. The molecule has 1 N–H and O–H groups in total. The maximum Gasteiger partial charge on any atom is 0.303 e. The average Bonchev–Trinajstić information content (AvgIpc) is 2.74. The normalized spacial score (nSPS) is 31.1. The van der Waals surface area contributed by atoms with Crippen LogP contribution in [0.3, 0.4) is 0 Å². The van der Waals surface area contributed by atoms with Gasteiger partial charge in [0.25, 0.3) is 0 Å². The lowest BCUT2D eigenvalue weighted by molar-refractivity contribution is -0.137. The molecule has 0 amide bonds. The van der Waals surface area contributed by atoms with Crippen molar-refractivity contribution < 1.29 is 9.90 Å². The van der Waals surface area contributed by atoms with E-state index in [0.717, 1.165) is 37.0 Å². The molecular formula is C26H45NO2. The fourth-order valence-corrected chi connectivity index (χ4v) is 6.16. The van der Waals surface area contributed by atoms with Gasteiger partial charge in [-0.2, -0.15) is 5.26 Å². The van der Waals surface area contributed by atoms with Crippen molar-refractivity contribution in [1.29, 1.82) is 5.26 Å². The van der Waals surface area contributed by atoms with E-state index in [1.54, 1.807) is 0 Å². The molecule has 2 saturated carbocycles. The predicted molar refractivity (Wildman–Crippen MR) is 119 cm³/mol. The monoisotopic (exact) mass is 403 g/mol. The summed E-state index contributed by atoms with van der Waals surface area (Å²) in [4.78, 5) is 10.8. The number of carboxylic acid groups (broad SMARTS) is 1. The Hall–Kier alpha value is -1.04. The number of nitrogens with zero attached hydrogens (tertiary/aromatic N) is 1. The van der Waals surface area contributed by atoms with Crippen LogP contribution < -0.4 is 0 Å². The topological polar surface area (TPSA) is 61.1 Å². The van der Waals surface area contributed by atoms with Gasteiger partial charge in [-0.25, -0.2) is 0 Å². The second kappa shape index (κ2) is 12.6. The van der Waals surface area contributed by atoms with Crippen molar-refractivity contribution in [3.63, 3.8) is 0 Å². The molecule has 0 aromatic carbocycles. The van der Waals surface area contributed by atoms with Crippen LogP contribution in [0.4, 0.5) is 0 Å². The van der Waals surface area contributed by atoms with E-state index in [-0.39, 0.29) is 11.8 Å². The molecule has 1 atom stereocenters. The van der Waals surface area contributed by atoms with E-state index in [9.17, 15) is 10.1 Å². The lowest BCUT2D eigenvalue weighted by atomic mass is 9.60. The summed E-state index contributed by atoms with van der Waals surface area (Å²) in [6, 6.07) is 2.68. The van der Waals surface area contributed by atoms with Gasteiger partial charge in [-0.15, -0.1) is 0 Å². The van der Waals surface area contributed by atoms with Crippen molar-refractivity contribution in [2.24, 2.45) is 29.1 Å². The third kappa shape index (κ3) is 7.62. The summed E-state index contributed by atoms with van der Waals surface area (Å²) in [5.41, 5.74) is -0.204. The van der Waals surface area contributed by atoms with Crippen LogP contribution in [0.1, 0.15) is 123 Å². The van der Waals surface area contributed by atoms with Gasteiger partial charge in [0, 0.05) is 6.42 Å². The fraction of sp³-hybridized carbons (Fsp3) is 0.923. The highest BCUT2D eigenvalue weighted by Gasteiger charge is 2.41. The van der Waals surface area contributed by atoms with Crippen molar-refractivity contribution in [3.05, 3.63) is 0 Å². The minimum atomic E-state index is -0.719. The number of aliphatic carboxylic acids is 1. The van der Waals surface area contributed by atoms with Crippen molar-refractivity contribution >= 4 is 5.97 Å². The molecule has 0 spiro atoms. The molecule has 166 valence electrons. The van der Waals surface area contributed by atoms with Gasteiger partial charge in [0.2, 0.25) is 0 Å². The SMILES string of the molecule is CCCCCCCC1CCC([C@H]2CC[C@](C#N)([C@H](C)CCCC(=O)O)CC2)CC1. The largest absolute Gasteiger partial charge is 0.481 e. The first kappa shape index (κ1) is 24.2. The molecule has 29 heavy (non-hydrogen) atoms. The summed E-state index contributed by atoms with van der Waals surface area (Å²) in [5.74, 6) is 2.29. The Kier molecular flexibility index (Phi) is 10.5. The molecule has 3 nitrogen and oxygen atoms in total. The lowest BCUT2D eigenvalue weighted by Gasteiger charge is -2.43. The van der Waals surface area contributed by atoms with Crippen LogP contribution >= 0.6 is 0 Å². The van der Waals surface area contributed by atoms with Crippen LogP contribution in [-0.4, -0.2) is 11.1 Å². The molecule has 0 unspecified atom stereocenters. The standard InChI is InChI=1S/C26H45NO2/c1-3-4-5-6-7-10-22-12-14-23(15-13-22)24-16-18-26(20-27,19-17-24)21(2)9-8-11-25(28)29/h21-24H,3-19H2,1-2H3,(H,28,29)/t21-,22?,23?,24-,26-/m1/s1. The number of carbonyl (C=O) groups is 1. The molecule has 0 bridgehead atoms. The Morgan fingerprint density at radius 3 is 2.21 bits per heavy atom. The number of nitriles is 1. The van der Waals surface area contributed by atoms with Gasteiger partial charge in [-0.1, -0.05) is 65.2 Å². The van der Waals surface area contributed by atoms with Gasteiger partial charge in [0.05, 0.1) is 11.5 Å². The van der Waals surface area contributed by atoms with E-state index >= 15 is 0 Å². The van der Waals surface area contributed by atoms with Crippen LogP contribution in [0.2, 0.25) is 0 Å². The summed E-state index contributed by atoms with van der Waals surface area (Å²) >= 11 is 0. The smallest absolute Gasteiger partial charge is 0.303 e. The van der Waals surface area contributed by atoms with Crippen molar-refractivity contribution in [1.82, 2.24) is 0 Å². The molecule has 0 aliphatic heterocycles. The number of hydrogen-bond donors (Lipinski definition) is 1. The minimum Gasteiger partial charge on any atom is -0.481 e. The molecular weight excluding hydrogens is 358 g/mol. The molecule has 0 aromatic rings. The Labute approximate surface area is 179 Å². The summed E-state index contributed by atoms with van der Waals surface area (Å²) in [5, 5.41) is 18.8.